The number of benzene rings is 1. The third-order valence-corrected chi connectivity index (χ3v) is 5.91. The SMILES string of the molecule is Cc1ccc(C)c(C2SCCNc3c2c(-c2ccccn2)nn3C)c1. The zero-order valence-electron chi connectivity index (χ0n) is 14.8. The molecule has 1 unspecified atom stereocenters. The van der Waals surface area contributed by atoms with E-state index < -0.39 is 0 Å². The van der Waals surface area contributed by atoms with Gasteiger partial charge in [-0.15, -0.1) is 11.8 Å². The molecule has 0 fully saturated rings. The number of hydrogen-bond donors (Lipinski definition) is 1. The fourth-order valence-corrected chi connectivity index (χ4v) is 4.69. The number of nitrogens with one attached hydrogen (secondary N) is 1. The lowest BCUT2D eigenvalue weighted by molar-refractivity contribution is 0.773. The van der Waals surface area contributed by atoms with Gasteiger partial charge in [-0.2, -0.15) is 5.10 Å². The number of nitrogens with zero attached hydrogens (tertiary/aromatic N) is 3. The van der Waals surface area contributed by atoms with Crippen LogP contribution in [0.2, 0.25) is 0 Å². The van der Waals surface area contributed by atoms with E-state index in [1.165, 1.54) is 22.3 Å². The Labute approximate surface area is 152 Å². The minimum atomic E-state index is 0.260. The van der Waals surface area contributed by atoms with Gasteiger partial charge >= 0.3 is 0 Å². The first kappa shape index (κ1) is 16.2. The smallest absolute Gasteiger partial charge is 0.129 e. The van der Waals surface area contributed by atoms with E-state index in [1.807, 2.05) is 47.9 Å². The molecule has 5 heteroatoms. The van der Waals surface area contributed by atoms with Crippen molar-refractivity contribution in [2.45, 2.75) is 19.1 Å². The third-order valence-electron chi connectivity index (χ3n) is 4.65. The number of aromatic nitrogens is 3. The fraction of sp³-hybridized carbons (Fsp3) is 0.300. The first-order valence-corrected chi connectivity index (χ1v) is 9.61. The Balaban J connectivity index is 1.94. The highest BCUT2D eigenvalue weighted by Crippen LogP contribution is 2.46. The summed E-state index contributed by atoms with van der Waals surface area (Å²) in [6, 6.07) is 12.7. The molecule has 0 bridgehead atoms. The first-order valence-electron chi connectivity index (χ1n) is 8.56. The second-order valence-corrected chi connectivity index (χ2v) is 7.70. The van der Waals surface area contributed by atoms with Gasteiger partial charge in [-0.1, -0.05) is 29.8 Å². The van der Waals surface area contributed by atoms with Crippen molar-refractivity contribution in [3.05, 3.63) is 64.8 Å². The monoisotopic (exact) mass is 350 g/mol. The largest absolute Gasteiger partial charge is 0.369 e. The Bertz CT molecular complexity index is 902. The van der Waals surface area contributed by atoms with Crippen molar-refractivity contribution in [3.8, 4) is 11.4 Å². The van der Waals surface area contributed by atoms with E-state index in [4.69, 9.17) is 5.10 Å². The van der Waals surface area contributed by atoms with Gasteiger partial charge in [0.2, 0.25) is 0 Å². The number of fused-ring (bicyclic) bond motifs is 1. The molecule has 0 spiro atoms. The minimum absolute atomic E-state index is 0.260. The van der Waals surface area contributed by atoms with E-state index in [9.17, 15) is 0 Å². The Hall–Kier alpha value is -2.27. The molecule has 25 heavy (non-hydrogen) atoms. The average Bonchev–Trinajstić information content (AvgIpc) is 2.81. The molecule has 1 aliphatic heterocycles. The predicted molar refractivity (Wildman–Crippen MR) is 105 cm³/mol. The fourth-order valence-electron chi connectivity index (χ4n) is 3.41. The third kappa shape index (κ3) is 2.93. The maximum Gasteiger partial charge on any atom is 0.129 e. The molecule has 1 aliphatic rings. The second kappa shape index (κ2) is 6.56. The molecule has 1 N–H and O–H groups in total. The molecular formula is C20H22N4S. The molecule has 4 rings (SSSR count). The molecule has 3 aromatic rings. The number of pyridine rings is 1. The molecule has 4 nitrogen and oxygen atoms in total. The standard InChI is InChI=1S/C20H22N4S/c1-13-7-8-14(2)15(12-13)19-17-18(16-6-4-5-9-21-16)23-24(3)20(17)22-10-11-25-19/h4-9,12,19,22H,10-11H2,1-3H3. The van der Waals surface area contributed by atoms with Crippen LogP contribution in [0.1, 0.15) is 27.5 Å². The Morgan fingerprint density at radius 3 is 2.88 bits per heavy atom. The molecule has 3 heterocycles. The number of anilines is 1. The summed E-state index contributed by atoms with van der Waals surface area (Å²) in [7, 11) is 2.01. The molecule has 0 amide bonds. The summed E-state index contributed by atoms with van der Waals surface area (Å²) in [6.07, 6.45) is 1.83. The summed E-state index contributed by atoms with van der Waals surface area (Å²) in [5.41, 5.74) is 7.15. The van der Waals surface area contributed by atoms with Crippen LogP contribution in [0.25, 0.3) is 11.4 Å². The van der Waals surface area contributed by atoms with Crippen LogP contribution < -0.4 is 5.32 Å². The lowest BCUT2D eigenvalue weighted by Gasteiger charge is -2.19. The van der Waals surface area contributed by atoms with Gasteiger partial charge in [0.1, 0.15) is 11.5 Å². The maximum atomic E-state index is 4.81. The van der Waals surface area contributed by atoms with E-state index in [0.29, 0.717) is 0 Å². The highest BCUT2D eigenvalue weighted by molar-refractivity contribution is 7.99. The molecule has 128 valence electrons. The summed E-state index contributed by atoms with van der Waals surface area (Å²) >= 11 is 1.98. The van der Waals surface area contributed by atoms with Crippen LogP contribution in [0.3, 0.4) is 0 Å². The summed E-state index contributed by atoms with van der Waals surface area (Å²) in [4.78, 5) is 4.56. The van der Waals surface area contributed by atoms with Gasteiger partial charge in [-0.25, -0.2) is 0 Å². The van der Waals surface area contributed by atoms with Crippen LogP contribution in [0.15, 0.2) is 42.6 Å². The van der Waals surface area contributed by atoms with Gasteiger partial charge in [0.15, 0.2) is 0 Å². The van der Waals surface area contributed by atoms with Crippen molar-refractivity contribution >= 4 is 17.6 Å². The van der Waals surface area contributed by atoms with E-state index in [-0.39, 0.29) is 5.25 Å². The van der Waals surface area contributed by atoms with Gasteiger partial charge in [0.05, 0.1) is 10.9 Å². The zero-order chi connectivity index (χ0) is 17.4. The molecule has 0 radical (unpaired) electrons. The normalized spacial score (nSPS) is 16.8. The Morgan fingerprint density at radius 2 is 2.08 bits per heavy atom. The quantitative estimate of drug-likeness (QED) is 0.746. The summed E-state index contributed by atoms with van der Waals surface area (Å²) in [5, 5.41) is 8.64. The molecular weight excluding hydrogens is 328 g/mol. The molecule has 1 atom stereocenters. The molecule has 0 saturated heterocycles. The lowest BCUT2D eigenvalue weighted by Crippen LogP contribution is -2.06. The van der Waals surface area contributed by atoms with Gasteiger partial charge in [0, 0.05) is 31.1 Å². The van der Waals surface area contributed by atoms with Crippen LogP contribution in [-0.2, 0) is 7.05 Å². The first-order chi connectivity index (χ1) is 12.1. The van der Waals surface area contributed by atoms with Crippen LogP contribution in [-0.4, -0.2) is 27.1 Å². The minimum Gasteiger partial charge on any atom is -0.369 e. The lowest BCUT2D eigenvalue weighted by atomic mass is 9.97. The molecule has 0 saturated carbocycles. The molecule has 0 aliphatic carbocycles. The van der Waals surface area contributed by atoms with Gasteiger partial charge in [0.25, 0.3) is 0 Å². The number of hydrogen-bond acceptors (Lipinski definition) is 4. The van der Waals surface area contributed by atoms with Crippen LogP contribution in [0, 0.1) is 13.8 Å². The van der Waals surface area contributed by atoms with E-state index in [0.717, 1.165) is 29.5 Å². The van der Waals surface area contributed by atoms with Gasteiger partial charge in [-0.3, -0.25) is 9.67 Å². The molecule has 1 aromatic carbocycles. The summed E-state index contributed by atoms with van der Waals surface area (Å²) in [6.45, 7) is 5.30. The number of thioether (sulfide) groups is 1. The Morgan fingerprint density at radius 1 is 1.20 bits per heavy atom. The summed E-state index contributed by atoms with van der Waals surface area (Å²) < 4.78 is 1.96. The topological polar surface area (TPSA) is 42.7 Å². The Kier molecular flexibility index (Phi) is 4.25. The van der Waals surface area contributed by atoms with Crippen LogP contribution in [0.5, 0.6) is 0 Å². The van der Waals surface area contributed by atoms with Crippen molar-refractivity contribution in [3.63, 3.8) is 0 Å². The second-order valence-electron chi connectivity index (χ2n) is 6.49. The van der Waals surface area contributed by atoms with Crippen molar-refractivity contribution in [2.24, 2.45) is 7.05 Å². The number of aryl methyl sites for hydroxylation is 3. The van der Waals surface area contributed by atoms with Crippen molar-refractivity contribution < 1.29 is 0 Å². The van der Waals surface area contributed by atoms with E-state index >= 15 is 0 Å². The molecule has 2 aromatic heterocycles. The van der Waals surface area contributed by atoms with Gasteiger partial charge in [-0.05, 0) is 37.1 Å². The highest BCUT2D eigenvalue weighted by atomic mass is 32.2. The van der Waals surface area contributed by atoms with Crippen LogP contribution in [0.4, 0.5) is 5.82 Å². The zero-order valence-corrected chi connectivity index (χ0v) is 15.6. The van der Waals surface area contributed by atoms with E-state index in [2.05, 4.69) is 42.3 Å². The summed E-state index contributed by atoms with van der Waals surface area (Å²) in [5.74, 6) is 2.17. The predicted octanol–water partition coefficient (Wildman–Crippen LogP) is 4.35. The average molecular weight is 350 g/mol. The van der Waals surface area contributed by atoms with Gasteiger partial charge < -0.3 is 5.32 Å². The number of rotatable bonds is 2. The van der Waals surface area contributed by atoms with Crippen molar-refractivity contribution in [2.75, 3.05) is 17.6 Å². The highest BCUT2D eigenvalue weighted by Gasteiger charge is 2.30. The van der Waals surface area contributed by atoms with Crippen molar-refractivity contribution in [1.29, 1.82) is 0 Å². The maximum absolute atomic E-state index is 4.81. The van der Waals surface area contributed by atoms with Crippen LogP contribution >= 0.6 is 11.8 Å². The van der Waals surface area contributed by atoms with Crippen molar-refractivity contribution in [1.82, 2.24) is 14.8 Å². The van der Waals surface area contributed by atoms with E-state index in [1.54, 1.807) is 0 Å².